The molecule has 0 fully saturated rings. The van der Waals surface area contributed by atoms with Crippen molar-refractivity contribution >= 4 is 23.3 Å². The van der Waals surface area contributed by atoms with Gasteiger partial charge in [0.25, 0.3) is 0 Å². The summed E-state index contributed by atoms with van der Waals surface area (Å²) in [5.74, 6) is -0.734. The van der Waals surface area contributed by atoms with Crippen LogP contribution < -0.4 is 21.3 Å². The van der Waals surface area contributed by atoms with E-state index in [2.05, 4.69) is 10.6 Å². The molecule has 0 aromatic heterocycles. The Bertz CT molecular complexity index is 767. The molecule has 3 amide bonds. The van der Waals surface area contributed by atoms with Crippen molar-refractivity contribution in [1.29, 1.82) is 0 Å². The zero-order chi connectivity index (χ0) is 18.9. The van der Waals surface area contributed by atoms with E-state index in [0.29, 0.717) is 36.4 Å². The molecule has 0 bridgehead atoms. The number of amides is 3. The van der Waals surface area contributed by atoms with Crippen LogP contribution in [0.5, 0.6) is 0 Å². The summed E-state index contributed by atoms with van der Waals surface area (Å²) in [5, 5.41) is 5.46. The van der Waals surface area contributed by atoms with Crippen LogP contribution in [0.25, 0.3) is 0 Å². The third-order valence-corrected chi connectivity index (χ3v) is 3.85. The number of primary amides is 1. The molecule has 0 saturated heterocycles. The number of para-hydroxylation sites is 2. The third-order valence-electron chi connectivity index (χ3n) is 3.85. The van der Waals surface area contributed by atoms with Gasteiger partial charge in [0.05, 0.1) is 12.1 Å². The quantitative estimate of drug-likeness (QED) is 0.634. The van der Waals surface area contributed by atoms with Crippen LogP contribution in [0.2, 0.25) is 0 Å². The molecular formula is C19H23FN4O2. The number of hydrogen-bond acceptors (Lipinski definition) is 3. The maximum absolute atomic E-state index is 13.7. The van der Waals surface area contributed by atoms with Crippen molar-refractivity contribution in [2.45, 2.75) is 12.8 Å². The number of urea groups is 1. The molecule has 0 unspecified atom stereocenters. The fourth-order valence-corrected chi connectivity index (χ4v) is 2.55. The summed E-state index contributed by atoms with van der Waals surface area (Å²) in [5.41, 5.74) is 6.95. The first-order valence-electron chi connectivity index (χ1n) is 8.34. The molecular weight excluding hydrogens is 335 g/mol. The zero-order valence-electron chi connectivity index (χ0n) is 14.7. The van der Waals surface area contributed by atoms with Crippen molar-refractivity contribution in [2.24, 2.45) is 5.73 Å². The van der Waals surface area contributed by atoms with Crippen LogP contribution in [0.3, 0.4) is 0 Å². The number of halogens is 1. The monoisotopic (exact) mass is 358 g/mol. The van der Waals surface area contributed by atoms with E-state index in [1.54, 1.807) is 54.4 Å². The standard InChI is InChI=1S/C19H23FN4O2/c1-24(17-10-5-3-8-15(17)20)12-6-11-22-19(26)23-16-9-4-2-7-14(16)13-18(21)25/h2-5,7-10H,6,11-13H2,1H3,(H2,21,25)(H2,22,23,26). The number of benzene rings is 2. The number of carbonyl (C=O) groups is 2. The van der Waals surface area contributed by atoms with E-state index in [9.17, 15) is 14.0 Å². The summed E-state index contributed by atoms with van der Waals surface area (Å²) >= 11 is 0. The van der Waals surface area contributed by atoms with Crippen molar-refractivity contribution < 1.29 is 14.0 Å². The number of nitrogens with zero attached hydrogens (tertiary/aromatic N) is 1. The van der Waals surface area contributed by atoms with Crippen molar-refractivity contribution in [3.63, 3.8) is 0 Å². The predicted molar refractivity (Wildman–Crippen MR) is 101 cm³/mol. The highest BCUT2D eigenvalue weighted by atomic mass is 19.1. The Labute approximate surface area is 152 Å². The van der Waals surface area contributed by atoms with E-state index in [4.69, 9.17) is 5.73 Å². The maximum Gasteiger partial charge on any atom is 0.319 e. The molecule has 2 rings (SSSR count). The summed E-state index contributed by atoms with van der Waals surface area (Å²) < 4.78 is 13.7. The first-order valence-corrected chi connectivity index (χ1v) is 8.34. The lowest BCUT2D eigenvalue weighted by Crippen LogP contribution is -2.32. The van der Waals surface area contributed by atoms with Gasteiger partial charge in [-0.15, -0.1) is 0 Å². The van der Waals surface area contributed by atoms with Gasteiger partial charge in [0.1, 0.15) is 5.82 Å². The molecule has 7 heteroatoms. The van der Waals surface area contributed by atoms with Gasteiger partial charge in [-0.05, 0) is 30.2 Å². The molecule has 2 aromatic carbocycles. The lowest BCUT2D eigenvalue weighted by molar-refractivity contribution is -0.117. The number of rotatable bonds is 8. The van der Waals surface area contributed by atoms with E-state index in [-0.39, 0.29) is 18.3 Å². The average Bonchev–Trinajstić information content (AvgIpc) is 2.60. The molecule has 2 aromatic rings. The average molecular weight is 358 g/mol. The first-order chi connectivity index (χ1) is 12.5. The van der Waals surface area contributed by atoms with Gasteiger partial charge in [-0.1, -0.05) is 30.3 Å². The summed E-state index contributed by atoms with van der Waals surface area (Å²) in [6, 6.07) is 13.2. The van der Waals surface area contributed by atoms with Crippen molar-refractivity contribution in [1.82, 2.24) is 5.32 Å². The molecule has 0 radical (unpaired) electrons. The largest absolute Gasteiger partial charge is 0.372 e. The summed E-state index contributed by atoms with van der Waals surface area (Å²) in [7, 11) is 1.80. The van der Waals surface area contributed by atoms with Crippen molar-refractivity contribution in [3.8, 4) is 0 Å². The van der Waals surface area contributed by atoms with Crippen LogP contribution in [0, 0.1) is 5.82 Å². The molecule has 0 aliphatic carbocycles. The summed E-state index contributed by atoms with van der Waals surface area (Å²) in [6.45, 7) is 1.03. The van der Waals surface area contributed by atoms with Gasteiger partial charge >= 0.3 is 6.03 Å². The normalized spacial score (nSPS) is 10.2. The fraction of sp³-hybridized carbons (Fsp3) is 0.263. The number of nitrogens with one attached hydrogen (secondary N) is 2. The van der Waals surface area contributed by atoms with Gasteiger partial charge in [-0.25, -0.2) is 9.18 Å². The molecule has 0 atom stereocenters. The Morgan fingerprint density at radius 2 is 1.81 bits per heavy atom. The van der Waals surface area contributed by atoms with Gasteiger partial charge in [-0.3, -0.25) is 4.79 Å². The molecule has 0 aliphatic heterocycles. The molecule has 0 spiro atoms. The molecule has 6 nitrogen and oxygen atoms in total. The SMILES string of the molecule is CN(CCCNC(=O)Nc1ccccc1CC(N)=O)c1ccccc1F. The second-order valence-corrected chi connectivity index (χ2v) is 5.91. The number of hydrogen-bond donors (Lipinski definition) is 3. The van der Waals surface area contributed by atoms with Crippen LogP contribution in [0.15, 0.2) is 48.5 Å². The Morgan fingerprint density at radius 1 is 1.12 bits per heavy atom. The summed E-state index contributed by atoms with van der Waals surface area (Å²) in [4.78, 5) is 24.9. The number of anilines is 2. The minimum atomic E-state index is -0.462. The van der Waals surface area contributed by atoms with E-state index in [0.717, 1.165) is 0 Å². The van der Waals surface area contributed by atoms with E-state index in [1.807, 2.05) is 0 Å². The van der Waals surface area contributed by atoms with E-state index >= 15 is 0 Å². The van der Waals surface area contributed by atoms with Crippen LogP contribution >= 0.6 is 0 Å². The highest BCUT2D eigenvalue weighted by Gasteiger charge is 2.09. The van der Waals surface area contributed by atoms with Crippen molar-refractivity contribution in [2.75, 3.05) is 30.4 Å². The van der Waals surface area contributed by atoms with Gasteiger partial charge in [0, 0.05) is 25.8 Å². The molecule has 26 heavy (non-hydrogen) atoms. The van der Waals surface area contributed by atoms with Crippen LogP contribution in [0.4, 0.5) is 20.6 Å². The molecule has 0 saturated carbocycles. The highest BCUT2D eigenvalue weighted by Crippen LogP contribution is 2.17. The maximum atomic E-state index is 13.7. The highest BCUT2D eigenvalue weighted by molar-refractivity contribution is 5.91. The van der Waals surface area contributed by atoms with Crippen LogP contribution in [-0.2, 0) is 11.2 Å². The second kappa shape index (κ2) is 9.41. The fourth-order valence-electron chi connectivity index (χ4n) is 2.55. The van der Waals surface area contributed by atoms with E-state index in [1.165, 1.54) is 6.07 Å². The van der Waals surface area contributed by atoms with Gasteiger partial charge in [-0.2, -0.15) is 0 Å². The lowest BCUT2D eigenvalue weighted by atomic mass is 10.1. The number of carbonyl (C=O) groups excluding carboxylic acids is 2. The Kier molecular flexibility index (Phi) is 6.96. The summed E-state index contributed by atoms with van der Waals surface area (Å²) in [6.07, 6.45) is 0.713. The van der Waals surface area contributed by atoms with Crippen LogP contribution in [0.1, 0.15) is 12.0 Å². The minimum absolute atomic E-state index is 0.0594. The molecule has 138 valence electrons. The smallest absolute Gasteiger partial charge is 0.319 e. The minimum Gasteiger partial charge on any atom is -0.372 e. The second-order valence-electron chi connectivity index (χ2n) is 5.91. The van der Waals surface area contributed by atoms with Gasteiger partial charge in [0.2, 0.25) is 5.91 Å². The van der Waals surface area contributed by atoms with Gasteiger partial charge < -0.3 is 21.3 Å². The lowest BCUT2D eigenvalue weighted by Gasteiger charge is -2.20. The van der Waals surface area contributed by atoms with Crippen LogP contribution in [-0.4, -0.2) is 32.1 Å². The predicted octanol–water partition coefficient (Wildman–Crippen LogP) is 2.50. The first kappa shape index (κ1) is 19.2. The number of nitrogens with two attached hydrogens (primary N) is 1. The molecule has 0 heterocycles. The Balaban J connectivity index is 1.78. The Morgan fingerprint density at radius 3 is 2.54 bits per heavy atom. The molecule has 4 N–H and O–H groups in total. The topological polar surface area (TPSA) is 87.5 Å². The zero-order valence-corrected chi connectivity index (χ0v) is 14.7. The van der Waals surface area contributed by atoms with Gasteiger partial charge in [0.15, 0.2) is 0 Å². The third kappa shape index (κ3) is 5.77. The van der Waals surface area contributed by atoms with E-state index < -0.39 is 5.91 Å². The Hall–Kier alpha value is -3.09. The molecule has 0 aliphatic rings. The van der Waals surface area contributed by atoms with Crippen molar-refractivity contribution in [3.05, 3.63) is 59.9 Å².